The van der Waals surface area contributed by atoms with Crippen LogP contribution in [-0.2, 0) is 0 Å². The Labute approximate surface area is 112 Å². The summed E-state index contributed by atoms with van der Waals surface area (Å²) in [4.78, 5) is 25.4. The molecule has 0 unspecified atom stereocenters. The Morgan fingerprint density at radius 3 is 2.21 bits per heavy atom. The van der Waals surface area contributed by atoms with E-state index < -0.39 is 0 Å². The van der Waals surface area contributed by atoms with Crippen LogP contribution in [0, 0.1) is 0 Å². The summed E-state index contributed by atoms with van der Waals surface area (Å²) in [5.41, 5.74) is 1.01. The number of hydrogen-bond donors (Lipinski definition) is 1. The van der Waals surface area contributed by atoms with E-state index >= 15 is 0 Å². The summed E-state index contributed by atoms with van der Waals surface area (Å²) in [7, 11) is 0. The number of benzene rings is 1. The number of aliphatic hydroxyl groups excluding tert-OH is 1. The van der Waals surface area contributed by atoms with Gasteiger partial charge >= 0.3 is 0 Å². The average molecular weight is 259 g/mol. The molecular formula is C15H17NO3. The van der Waals surface area contributed by atoms with Gasteiger partial charge in [-0.25, -0.2) is 0 Å². The molecule has 2 rings (SSSR count). The molecule has 0 radical (unpaired) electrons. The van der Waals surface area contributed by atoms with E-state index in [9.17, 15) is 9.59 Å². The van der Waals surface area contributed by atoms with Crippen LogP contribution in [0.1, 0.15) is 40.0 Å². The van der Waals surface area contributed by atoms with Gasteiger partial charge in [-0.3, -0.25) is 14.5 Å². The maximum atomic E-state index is 12.0. The van der Waals surface area contributed by atoms with Crippen LogP contribution in [0.15, 0.2) is 36.4 Å². The first-order valence-electron chi connectivity index (χ1n) is 6.47. The van der Waals surface area contributed by atoms with Crippen molar-refractivity contribution in [2.24, 2.45) is 0 Å². The molecule has 1 aliphatic rings. The molecule has 4 heteroatoms. The molecule has 1 aliphatic heterocycles. The quantitative estimate of drug-likeness (QED) is 0.483. The lowest BCUT2D eigenvalue weighted by Crippen LogP contribution is -2.30. The van der Waals surface area contributed by atoms with Crippen LogP contribution in [0.25, 0.3) is 0 Å². The summed E-state index contributed by atoms with van der Waals surface area (Å²) in [5, 5.41) is 8.58. The second kappa shape index (κ2) is 6.29. The number of allylic oxidation sites excluding steroid dienone is 1. The molecule has 1 aromatic rings. The van der Waals surface area contributed by atoms with Gasteiger partial charge < -0.3 is 5.11 Å². The Bertz CT molecular complexity index is 473. The van der Waals surface area contributed by atoms with Crippen molar-refractivity contribution in [3.8, 4) is 0 Å². The fourth-order valence-electron chi connectivity index (χ4n) is 2.17. The minimum atomic E-state index is -0.188. The summed E-state index contributed by atoms with van der Waals surface area (Å²) < 4.78 is 0. The van der Waals surface area contributed by atoms with Crippen molar-refractivity contribution in [1.82, 2.24) is 4.90 Å². The maximum absolute atomic E-state index is 12.0. The van der Waals surface area contributed by atoms with Crippen molar-refractivity contribution in [3.63, 3.8) is 0 Å². The average Bonchev–Trinajstić information content (AvgIpc) is 2.68. The van der Waals surface area contributed by atoms with E-state index in [2.05, 4.69) is 0 Å². The summed E-state index contributed by atoms with van der Waals surface area (Å²) in [6.07, 6.45) is 6.12. The molecule has 0 aliphatic carbocycles. The molecule has 1 N–H and O–H groups in total. The zero-order valence-corrected chi connectivity index (χ0v) is 10.7. The lowest BCUT2D eigenvalue weighted by atomic mass is 10.1. The van der Waals surface area contributed by atoms with Gasteiger partial charge in [0.2, 0.25) is 0 Å². The van der Waals surface area contributed by atoms with Crippen LogP contribution in [-0.4, -0.2) is 35.0 Å². The topological polar surface area (TPSA) is 57.6 Å². The van der Waals surface area contributed by atoms with Crippen molar-refractivity contribution in [3.05, 3.63) is 47.5 Å². The molecule has 0 spiro atoms. The summed E-state index contributed by atoms with van der Waals surface area (Å²) in [6.45, 7) is 0.512. The number of aliphatic hydroxyl groups is 1. The third-order valence-electron chi connectivity index (χ3n) is 3.15. The zero-order valence-electron chi connectivity index (χ0n) is 10.7. The third-order valence-corrected chi connectivity index (χ3v) is 3.15. The van der Waals surface area contributed by atoms with Crippen molar-refractivity contribution < 1.29 is 14.7 Å². The van der Waals surface area contributed by atoms with Crippen molar-refractivity contribution in [1.29, 1.82) is 0 Å². The predicted molar refractivity (Wildman–Crippen MR) is 71.9 cm³/mol. The number of rotatable bonds is 6. The Morgan fingerprint density at radius 1 is 1.00 bits per heavy atom. The highest BCUT2D eigenvalue weighted by Crippen LogP contribution is 2.22. The van der Waals surface area contributed by atoms with E-state index in [4.69, 9.17) is 5.11 Å². The monoisotopic (exact) mass is 259 g/mol. The molecule has 1 heterocycles. The first-order valence-corrected chi connectivity index (χ1v) is 6.47. The number of hydrogen-bond acceptors (Lipinski definition) is 3. The molecular weight excluding hydrogens is 242 g/mol. The molecule has 2 amide bonds. The van der Waals surface area contributed by atoms with Crippen LogP contribution >= 0.6 is 0 Å². The Hall–Kier alpha value is -1.94. The normalized spacial score (nSPS) is 14.5. The van der Waals surface area contributed by atoms with E-state index in [1.54, 1.807) is 30.3 Å². The van der Waals surface area contributed by atoms with Gasteiger partial charge in [0.15, 0.2) is 0 Å². The molecule has 0 bridgehead atoms. The van der Waals surface area contributed by atoms with Crippen molar-refractivity contribution in [2.45, 2.75) is 19.3 Å². The van der Waals surface area contributed by atoms with Gasteiger partial charge in [-0.15, -0.1) is 0 Å². The van der Waals surface area contributed by atoms with Crippen LogP contribution < -0.4 is 0 Å². The van der Waals surface area contributed by atoms with Gasteiger partial charge in [-0.1, -0.05) is 24.3 Å². The lowest BCUT2D eigenvalue weighted by Gasteiger charge is -2.12. The first kappa shape index (κ1) is 13.5. The standard InChI is InChI=1S/C15H17NO3/c17-11-7-3-1-2-6-10-16-14(18)12-8-4-5-9-13(12)15(16)19/h3-5,7-9,17H,1-2,6,10-11H2/b7-3+. The number of unbranched alkanes of at least 4 members (excludes halogenated alkanes) is 2. The number of imide groups is 1. The van der Waals surface area contributed by atoms with Crippen LogP contribution in [0.5, 0.6) is 0 Å². The summed E-state index contributed by atoms with van der Waals surface area (Å²) in [5.74, 6) is -0.377. The Kier molecular flexibility index (Phi) is 4.47. The SMILES string of the molecule is O=C1c2ccccc2C(=O)N1CCCC/C=C/CO. The molecule has 4 nitrogen and oxygen atoms in total. The van der Waals surface area contributed by atoms with Gasteiger partial charge in [-0.05, 0) is 31.4 Å². The summed E-state index contributed by atoms with van der Waals surface area (Å²) in [6, 6.07) is 6.93. The highest BCUT2D eigenvalue weighted by atomic mass is 16.2. The smallest absolute Gasteiger partial charge is 0.261 e. The van der Waals surface area contributed by atoms with Gasteiger partial charge in [0, 0.05) is 6.54 Å². The third kappa shape index (κ3) is 2.90. The van der Waals surface area contributed by atoms with E-state index in [1.165, 1.54) is 4.90 Å². The molecule has 0 aromatic heterocycles. The second-order valence-electron chi connectivity index (χ2n) is 4.46. The van der Waals surface area contributed by atoms with Gasteiger partial charge in [-0.2, -0.15) is 0 Å². The molecule has 19 heavy (non-hydrogen) atoms. The van der Waals surface area contributed by atoms with Gasteiger partial charge in [0.05, 0.1) is 17.7 Å². The minimum Gasteiger partial charge on any atom is -0.392 e. The number of carbonyl (C=O) groups is 2. The van der Waals surface area contributed by atoms with E-state index in [0.717, 1.165) is 19.3 Å². The van der Waals surface area contributed by atoms with Crippen molar-refractivity contribution in [2.75, 3.05) is 13.2 Å². The highest BCUT2D eigenvalue weighted by molar-refractivity contribution is 6.21. The number of nitrogens with zero attached hydrogens (tertiary/aromatic N) is 1. The van der Waals surface area contributed by atoms with Crippen LogP contribution in [0.3, 0.4) is 0 Å². The van der Waals surface area contributed by atoms with Crippen LogP contribution in [0.4, 0.5) is 0 Å². The number of fused-ring (bicyclic) bond motifs is 1. The highest BCUT2D eigenvalue weighted by Gasteiger charge is 2.34. The molecule has 100 valence electrons. The van der Waals surface area contributed by atoms with E-state index in [1.807, 2.05) is 6.08 Å². The molecule has 0 saturated carbocycles. The molecule has 0 saturated heterocycles. The van der Waals surface area contributed by atoms with Gasteiger partial charge in [0.25, 0.3) is 11.8 Å². The molecule has 0 fully saturated rings. The van der Waals surface area contributed by atoms with Crippen LogP contribution in [0.2, 0.25) is 0 Å². The van der Waals surface area contributed by atoms with E-state index in [-0.39, 0.29) is 18.4 Å². The van der Waals surface area contributed by atoms with Crippen molar-refractivity contribution >= 4 is 11.8 Å². The molecule has 1 aromatic carbocycles. The second-order valence-corrected chi connectivity index (χ2v) is 4.46. The first-order chi connectivity index (χ1) is 9.25. The zero-order chi connectivity index (χ0) is 13.7. The minimum absolute atomic E-state index is 0.0540. The predicted octanol–water partition coefficient (Wildman–Crippen LogP) is 2.00. The molecule has 0 atom stereocenters. The number of amides is 2. The fraction of sp³-hybridized carbons (Fsp3) is 0.333. The number of carbonyl (C=O) groups excluding carboxylic acids is 2. The Morgan fingerprint density at radius 2 is 1.63 bits per heavy atom. The lowest BCUT2D eigenvalue weighted by molar-refractivity contribution is 0.0652. The van der Waals surface area contributed by atoms with Gasteiger partial charge in [0.1, 0.15) is 0 Å². The largest absolute Gasteiger partial charge is 0.392 e. The van der Waals surface area contributed by atoms with E-state index in [0.29, 0.717) is 17.7 Å². The summed E-state index contributed by atoms with van der Waals surface area (Å²) >= 11 is 0. The maximum Gasteiger partial charge on any atom is 0.261 e. The fourth-order valence-corrected chi connectivity index (χ4v) is 2.17. The Balaban J connectivity index is 1.88.